The van der Waals surface area contributed by atoms with E-state index in [4.69, 9.17) is 0 Å². The fourth-order valence-electron chi connectivity index (χ4n) is 3.80. The van der Waals surface area contributed by atoms with E-state index >= 15 is 0 Å². The number of aromatic nitrogens is 3. The topological polar surface area (TPSA) is 59.8 Å². The summed E-state index contributed by atoms with van der Waals surface area (Å²) in [6, 6.07) is 6.14. The number of amides is 1. The van der Waals surface area contributed by atoms with Crippen LogP contribution in [0.1, 0.15) is 34.1 Å². The van der Waals surface area contributed by atoms with Crippen LogP contribution in [0.2, 0.25) is 0 Å². The van der Waals surface area contributed by atoms with Crippen molar-refractivity contribution in [1.29, 1.82) is 0 Å². The maximum Gasteiger partial charge on any atom is 0.276 e. The Morgan fingerprint density at radius 1 is 1.22 bits per heavy atom. The van der Waals surface area contributed by atoms with Gasteiger partial charge in [-0.1, -0.05) is 0 Å². The lowest BCUT2D eigenvalue weighted by molar-refractivity contribution is 0.102. The maximum atomic E-state index is 14.3. The molecule has 5 rings (SSSR count). The second kappa shape index (κ2) is 5.67. The van der Waals surface area contributed by atoms with Gasteiger partial charge in [-0.3, -0.25) is 4.79 Å². The van der Waals surface area contributed by atoms with Gasteiger partial charge in [0.15, 0.2) is 11.5 Å². The van der Waals surface area contributed by atoms with Gasteiger partial charge < -0.3 is 5.32 Å². The average Bonchev–Trinajstić information content (AvgIpc) is 3.14. The van der Waals surface area contributed by atoms with Crippen molar-refractivity contribution in [2.24, 2.45) is 5.92 Å². The van der Waals surface area contributed by atoms with E-state index < -0.39 is 23.5 Å². The van der Waals surface area contributed by atoms with Crippen LogP contribution in [0, 0.1) is 23.5 Å². The number of pyridine rings is 1. The summed E-state index contributed by atoms with van der Waals surface area (Å²) in [5.41, 5.74) is 1.68. The third kappa shape index (κ3) is 2.51. The number of hydrogen-bond acceptors (Lipinski definition) is 3. The summed E-state index contributed by atoms with van der Waals surface area (Å²) in [5.74, 6) is -2.19. The summed E-state index contributed by atoms with van der Waals surface area (Å²) in [6.07, 6.45) is 2.91. The highest BCUT2D eigenvalue weighted by Crippen LogP contribution is 2.57. The number of carbonyl (C=O) groups excluding carboxylic acids is 1. The molecule has 0 aliphatic heterocycles. The van der Waals surface area contributed by atoms with Crippen LogP contribution >= 0.6 is 0 Å². The molecule has 1 fully saturated rings. The molecule has 1 aromatic carbocycles. The van der Waals surface area contributed by atoms with Crippen molar-refractivity contribution in [3.8, 4) is 5.69 Å². The fourth-order valence-corrected chi connectivity index (χ4v) is 3.80. The number of rotatable bonds is 3. The molecule has 0 spiro atoms. The minimum absolute atomic E-state index is 0.0538. The number of nitrogens with zero attached hydrogens (tertiary/aromatic N) is 3. The Morgan fingerprint density at radius 2 is 2.07 bits per heavy atom. The number of carbonyl (C=O) groups is 1. The van der Waals surface area contributed by atoms with Crippen LogP contribution in [-0.2, 0) is 6.42 Å². The largest absolute Gasteiger partial charge is 0.317 e. The van der Waals surface area contributed by atoms with Gasteiger partial charge in [0.2, 0.25) is 5.95 Å². The van der Waals surface area contributed by atoms with E-state index in [1.807, 2.05) is 0 Å². The minimum atomic E-state index is -0.797. The highest BCUT2D eigenvalue weighted by Gasteiger charge is 2.50. The third-order valence-electron chi connectivity index (χ3n) is 5.12. The number of fused-ring (bicyclic) bond motifs is 3. The van der Waals surface area contributed by atoms with Crippen molar-refractivity contribution in [1.82, 2.24) is 14.8 Å². The van der Waals surface area contributed by atoms with Crippen LogP contribution in [0.4, 0.5) is 18.9 Å². The third-order valence-corrected chi connectivity index (χ3v) is 5.12. The smallest absolute Gasteiger partial charge is 0.276 e. The van der Waals surface area contributed by atoms with E-state index in [-0.39, 0.29) is 23.0 Å². The molecule has 8 heteroatoms. The highest BCUT2D eigenvalue weighted by molar-refractivity contribution is 6.04. The number of benzene rings is 1. The Kier molecular flexibility index (Phi) is 3.37. The first-order valence-electron chi connectivity index (χ1n) is 8.52. The Balaban J connectivity index is 1.58. The summed E-state index contributed by atoms with van der Waals surface area (Å²) in [4.78, 5) is 16.2. The molecule has 0 radical (unpaired) electrons. The minimum Gasteiger partial charge on any atom is -0.317 e. The molecule has 5 nitrogen and oxygen atoms in total. The molecule has 0 unspecified atom stereocenters. The highest BCUT2D eigenvalue weighted by atomic mass is 19.1. The van der Waals surface area contributed by atoms with Crippen LogP contribution in [-0.4, -0.2) is 20.7 Å². The zero-order chi connectivity index (χ0) is 18.7. The lowest BCUT2D eigenvalue weighted by Crippen LogP contribution is -2.16. The molecule has 2 heterocycles. The van der Waals surface area contributed by atoms with Crippen molar-refractivity contribution in [2.45, 2.75) is 18.8 Å². The average molecular weight is 370 g/mol. The van der Waals surface area contributed by atoms with Gasteiger partial charge in [0, 0.05) is 23.7 Å². The van der Waals surface area contributed by atoms with Gasteiger partial charge in [0.25, 0.3) is 5.91 Å². The van der Waals surface area contributed by atoms with Crippen molar-refractivity contribution >= 4 is 11.6 Å². The van der Waals surface area contributed by atoms with Crippen molar-refractivity contribution < 1.29 is 18.0 Å². The summed E-state index contributed by atoms with van der Waals surface area (Å²) in [7, 11) is 0. The first kappa shape index (κ1) is 16.0. The van der Waals surface area contributed by atoms with E-state index in [1.54, 1.807) is 0 Å². The molecule has 27 heavy (non-hydrogen) atoms. The van der Waals surface area contributed by atoms with Crippen molar-refractivity contribution in [3.63, 3.8) is 0 Å². The van der Waals surface area contributed by atoms with Crippen molar-refractivity contribution in [3.05, 3.63) is 71.1 Å². The van der Waals surface area contributed by atoms with E-state index in [2.05, 4.69) is 15.4 Å². The first-order chi connectivity index (χ1) is 13.0. The predicted octanol–water partition coefficient (Wildman–Crippen LogP) is 3.60. The second-order valence-corrected chi connectivity index (χ2v) is 6.82. The molecule has 136 valence electrons. The summed E-state index contributed by atoms with van der Waals surface area (Å²) < 4.78 is 42.7. The van der Waals surface area contributed by atoms with E-state index in [0.29, 0.717) is 12.3 Å². The zero-order valence-corrected chi connectivity index (χ0v) is 13.9. The maximum absolute atomic E-state index is 14.3. The quantitative estimate of drug-likeness (QED) is 0.717. The molecule has 2 aromatic heterocycles. The Labute approximate surface area is 151 Å². The zero-order valence-electron chi connectivity index (χ0n) is 13.9. The number of hydrogen-bond donors (Lipinski definition) is 1. The standard InChI is InChI=1S/C19H13F3N4O/c20-10-3-4-15(13(21)8-10)26-17-11-6-9(11)7-12(17)16(25-26)19(27)24-14-2-1-5-23-18(14)22/h1-5,8-9,11H,6-7H2,(H,24,27)/t9-,11-/m0/s1. The van der Waals surface area contributed by atoms with Gasteiger partial charge in [-0.05, 0) is 43.0 Å². The van der Waals surface area contributed by atoms with Crippen LogP contribution in [0.25, 0.3) is 5.69 Å². The van der Waals surface area contributed by atoms with Gasteiger partial charge in [0.05, 0.1) is 11.4 Å². The van der Waals surface area contributed by atoms with Gasteiger partial charge in [-0.25, -0.2) is 18.4 Å². The van der Waals surface area contributed by atoms with E-state index in [9.17, 15) is 18.0 Å². The molecule has 2 aliphatic rings. The van der Waals surface area contributed by atoms with Gasteiger partial charge in [-0.15, -0.1) is 0 Å². The number of nitrogens with one attached hydrogen (secondary N) is 1. The molecule has 3 aromatic rings. The van der Waals surface area contributed by atoms with Gasteiger partial charge in [0.1, 0.15) is 11.5 Å². The van der Waals surface area contributed by atoms with Crippen molar-refractivity contribution in [2.75, 3.05) is 5.32 Å². The van der Waals surface area contributed by atoms with Gasteiger partial charge in [-0.2, -0.15) is 9.49 Å². The molecule has 0 bridgehead atoms. The predicted molar refractivity (Wildman–Crippen MR) is 90.2 cm³/mol. The number of anilines is 1. The summed E-state index contributed by atoms with van der Waals surface area (Å²) in [6.45, 7) is 0. The van der Waals surface area contributed by atoms with Gasteiger partial charge >= 0.3 is 0 Å². The second-order valence-electron chi connectivity index (χ2n) is 6.82. The lowest BCUT2D eigenvalue weighted by atomic mass is 10.1. The molecule has 2 atom stereocenters. The lowest BCUT2D eigenvalue weighted by Gasteiger charge is -2.07. The normalized spacial score (nSPS) is 19.5. The molecule has 1 amide bonds. The molecular weight excluding hydrogens is 357 g/mol. The van der Waals surface area contributed by atoms with Crippen LogP contribution < -0.4 is 5.32 Å². The number of halogens is 3. The molecule has 2 aliphatic carbocycles. The van der Waals surface area contributed by atoms with E-state index in [1.165, 1.54) is 29.1 Å². The van der Waals surface area contributed by atoms with E-state index in [0.717, 1.165) is 29.8 Å². The SMILES string of the molecule is O=C(Nc1cccnc1F)c1nn(-c2ccc(F)cc2F)c2c1C[C@@H]1C[C@H]21. The monoisotopic (exact) mass is 370 g/mol. The Bertz CT molecular complexity index is 1090. The molecule has 0 saturated heterocycles. The Hall–Kier alpha value is -3.16. The molecule has 1 N–H and O–H groups in total. The fraction of sp³-hybridized carbons (Fsp3) is 0.211. The van der Waals surface area contributed by atoms with Crippen LogP contribution in [0.5, 0.6) is 0 Å². The summed E-state index contributed by atoms with van der Waals surface area (Å²) >= 11 is 0. The van der Waals surface area contributed by atoms with Crippen LogP contribution in [0.3, 0.4) is 0 Å². The summed E-state index contributed by atoms with van der Waals surface area (Å²) in [5, 5.41) is 6.76. The molecular formula is C19H13F3N4O. The first-order valence-corrected chi connectivity index (χ1v) is 8.52. The Morgan fingerprint density at radius 3 is 2.85 bits per heavy atom. The molecule has 1 saturated carbocycles. The van der Waals surface area contributed by atoms with Crippen LogP contribution in [0.15, 0.2) is 36.5 Å².